The molecule has 2 aliphatic heterocycles. The Morgan fingerprint density at radius 3 is 3.10 bits per heavy atom. The van der Waals surface area contributed by atoms with E-state index in [1.807, 2.05) is 0 Å². The van der Waals surface area contributed by atoms with Gasteiger partial charge in [-0.2, -0.15) is 0 Å². The van der Waals surface area contributed by atoms with Gasteiger partial charge in [0.15, 0.2) is 6.40 Å². The summed E-state index contributed by atoms with van der Waals surface area (Å²) in [6.45, 7) is 1.37. The van der Waals surface area contributed by atoms with Gasteiger partial charge in [0, 0.05) is 0 Å². The van der Waals surface area contributed by atoms with Crippen LogP contribution in [0.15, 0.2) is 10.1 Å². The summed E-state index contributed by atoms with van der Waals surface area (Å²) in [5, 5.41) is 3.65. The van der Waals surface area contributed by atoms with Crippen molar-refractivity contribution in [3.8, 4) is 0 Å². The van der Waals surface area contributed by atoms with E-state index in [1.54, 1.807) is 6.21 Å². The number of hydrogen-bond acceptors (Lipinski definition) is 4. The van der Waals surface area contributed by atoms with E-state index in [4.69, 9.17) is 9.57 Å². The number of aliphatic imine (C=N–C) groups is 1. The van der Waals surface area contributed by atoms with Crippen molar-refractivity contribution in [2.75, 3.05) is 13.2 Å². The van der Waals surface area contributed by atoms with Gasteiger partial charge in [-0.25, -0.2) is 0 Å². The lowest BCUT2D eigenvalue weighted by Crippen LogP contribution is -2.25. The Bertz CT molecular complexity index is 171. The molecule has 0 bridgehead atoms. The topological polar surface area (TPSA) is 43.2 Å². The fourth-order valence-electron chi connectivity index (χ4n) is 1.04. The summed E-state index contributed by atoms with van der Waals surface area (Å²) in [6, 6.07) is 0. The van der Waals surface area contributed by atoms with Crippen LogP contribution in [0.2, 0.25) is 0 Å². The van der Waals surface area contributed by atoms with Crippen molar-refractivity contribution in [2.45, 2.75) is 6.10 Å². The molecule has 0 aromatic carbocycles. The Kier molecular flexibility index (Phi) is 1.30. The van der Waals surface area contributed by atoms with Gasteiger partial charge in [0.05, 0.1) is 18.7 Å². The van der Waals surface area contributed by atoms with Gasteiger partial charge in [-0.05, 0) is 0 Å². The highest BCUT2D eigenvalue weighted by Gasteiger charge is 2.26. The lowest BCUT2D eigenvalue weighted by atomic mass is 10.1. The minimum Gasteiger partial charge on any atom is -0.478 e. The third-order valence-electron chi connectivity index (χ3n) is 1.67. The van der Waals surface area contributed by atoms with E-state index in [9.17, 15) is 0 Å². The SMILES string of the molecule is C1=NCC(C2C=NOC2)O1. The number of oxime groups is 1. The highest BCUT2D eigenvalue weighted by molar-refractivity contribution is 5.63. The zero-order valence-corrected chi connectivity index (χ0v) is 5.43. The van der Waals surface area contributed by atoms with Crippen LogP contribution in [0.4, 0.5) is 0 Å². The second kappa shape index (κ2) is 2.28. The Morgan fingerprint density at radius 2 is 2.50 bits per heavy atom. The summed E-state index contributed by atoms with van der Waals surface area (Å²) in [4.78, 5) is 8.75. The largest absolute Gasteiger partial charge is 0.478 e. The van der Waals surface area contributed by atoms with Crippen LogP contribution in [0, 0.1) is 5.92 Å². The molecule has 4 nitrogen and oxygen atoms in total. The molecule has 0 amide bonds. The van der Waals surface area contributed by atoms with Gasteiger partial charge in [-0.3, -0.25) is 4.99 Å². The molecule has 0 saturated carbocycles. The van der Waals surface area contributed by atoms with Crippen molar-refractivity contribution in [1.82, 2.24) is 0 Å². The maximum absolute atomic E-state index is 5.17. The Hall–Kier alpha value is -1.06. The maximum atomic E-state index is 5.17. The van der Waals surface area contributed by atoms with Gasteiger partial charge in [0.25, 0.3) is 0 Å². The molecule has 0 aromatic rings. The zero-order valence-electron chi connectivity index (χ0n) is 5.43. The van der Waals surface area contributed by atoms with Crippen LogP contribution < -0.4 is 0 Å². The van der Waals surface area contributed by atoms with E-state index in [-0.39, 0.29) is 6.10 Å². The summed E-state index contributed by atoms with van der Waals surface area (Å²) in [5.41, 5.74) is 0. The quantitative estimate of drug-likeness (QED) is 0.516. The molecule has 0 N–H and O–H groups in total. The molecular weight excluding hydrogens is 132 g/mol. The van der Waals surface area contributed by atoms with Crippen LogP contribution in [0.25, 0.3) is 0 Å². The predicted octanol–water partition coefficient (Wildman–Crippen LogP) is 0.0457. The molecule has 10 heavy (non-hydrogen) atoms. The maximum Gasteiger partial charge on any atom is 0.170 e. The molecule has 2 rings (SSSR count). The second-order valence-corrected chi connectivity index (χ2v) is 2.36. The van der Waals surface area contributed by atoms with E-state index in [0.717, 1.165) is 6.54 Å². The minimum atomic E-state index is 0.159. The predicted molar refractivity (Wildman–Crippen MR) is 36.2 cm³/mol. The lowest BCUT2D eigenvalue weighted by molar-refractivity contribution is 0.109. The minimum absolute atomic E-state index is 0.159. The molecule has 2 atom stereocenters. The molecule has 0 fully saturated rings. The van der Waals surface area contributed by atoms with E-state index >= 15 is 0 Å². The fourth-order valence-corrected chi connectivity index (χ4v) is 1.04. The molecule has 0 spiro atoms. The highest BCUT2D eigenvalue weighted by Crippen LogP contribution is 2.14. The van der Waals surface area contributed by atoms with Gasteiger partial charge in [0.2, 0.25) is 0 Å². The second-order valence-electron chi connectivity index (χ2n) is 2.36. The number of nitrogens with zero attached hydrogens (tertiary/aromatic N) is 2. The summed E-state index contributed by atoms with van der Waals surface area (Å²) >= 11 is 0. The molecule has 4 heteroatoms. The third-order valence-corrected chi connectivity index (χ3v) is 1.67. The standard InChI is InChI=1S/C6H8N2O2/c1-5(3-10-8-1)6-2-7-4-9-6/h1,4-6H,2-3H2. The van der Waals surface area contributed by atoms with Crippen LogP contribution in [-0.4, -0.2) is 31.9 Å². The summed E-state index contributed by atoms with van der Waals surface area (Å²) in [5.74, 6) is 0.294. The van der Waals surface area contributed by atoms with Crippen molar-refractivity contribution < 1.29 is 9.57 Å². The first-order valence-corrected chi connectivity index (χ1v) is 3.26. The number of rotatable bonds is 1. The molecule has 2 heterocycles. The molecule has 0 aromatic heterocycles. The lowest BCUT2D eigenvalue weighted by Gasteiger charge is -2.10. The monoisotopic (exact) mass is 140 g/mol. The van der Waals surface area contributed by atoms with Gasteiger partial charge < -0.3 is 9.57 Å². The Balaban J connectivity index is 1.93. The zero-order chi connectivity index (χ0) is 6.81. The van der Waals surface area contributed by atoms with Crippen molar-refractivity contribution >= 4 is 12.6 Å². The van der Waals surface area contributed by atoms with Gasteiger partial charge >= 0.3 is 0 Å². The van der Waals surface area contributed by atoms with E-state index < -0.39 is 0 Å². The van der Waals surface area contributed by atoms with Crippen molar-refractivity contribution in [3.63, 3.8) is 0 Å². The summed E-state index contributed by atoms with van der Waals surface area (Å²) in [6.07, 6.45) is 3.43. The first-order valence-electron chi connectivity index (χ1n) is 3.26. The fraction of sp³-hybridized carbons (Fsp3) is 0.667. The molecular formula is C6H8N2O2. The van der Waals surface area contributed by atoms with E-state index in [1.165, 1.54) is 6.40 Å². The molecule has 0 aliphatic carbocycles. The van der Waals surface area contributed by atoms with Gasteiger partial charge in [-0.1, -0.05) is 5.16 Å². The van der Waals surface area contributed by atoms with Gasteiger partial charge in [0.1, 0.15) is 12.7 Å². The number of hydrogen-bond donors (Lipinski definition) is 0. The molecule has 2 aliphatic rings. The van der Waals surface area contributed by atoms with Crippen molar-refractivity contribution in [1.29, 1.82) is 0 Å². The molecule has 54 valence electrons. The smallest absolute Gasteiger partial charge is 0.170 e. The molecule has 2 unspecified atom stereocenters. The van der Waals surface area contributed by atoms with Crippen LogP contribution in [0.1, 0.15) is 0 Å². The summed E-state index contributed by atoms with van der Waals surface area (Å²) in [7, 11) is 0. The first-order chi connectivity index (χ1) is 4.97. The molecule has 0 saturated heterocycles. The van der Waals surface area contributed by atoms with Crippen LogP contribution in [-0.2, 0) is 9.57 Å². The highest BCUT2D eigenvalue weighted by atomic mass is 16.6. The number of ether oxygens (including phenoxy) is 1. The molecule has 0 radical (unpaired) electrons. The average Bonchev–Trinajstić information content (AvgIpc) is 2.59. The normalized spacial score (nSPS) is 36.0. The van der Waals surface area contributed by atoms with Gasteiger partial charge in [-0.15, -0.1) is 0 Å². The van der Waals surface area contributed by atoms with Crippen LogP contribution in [0.3, 0.4) is 0 Å². The average molecular weight is 140 g/mol. The first kappa shape index (κ1) is 5.70. The Labute approximate surface area is 58.5 Å². The van der Waals surface area contributed by atoms with E-state index in [2.05, 4.69) is 10.1 Å². The third kappa shape index (κ3) is 0.853. The van der Waals surface area contributed by atoms with Crippen LogP contribution >= 0.6 is 0 Å². The van der Waals surface area contributed by atoms with Crippen molar-refractivity contribution in [3.05, 3.63) is 0 Å². The van der Waals surface area contributed by atoms with E-state index in [0.29, 0.717) is 12.5 Å². The van der Waals surface area contributed by atoms with Crippen molar-refractivity contribution in [2.24, 2.45) is 16.1 Å². The Morgan fingerprint density at radius 1 is 1.50 bits per heavy atom. The van der Waals surface area contributed by atoms with Crippen LogP contribution in [0.5, 0.6) is 0 Å². The summed E-state index contributed by atoms with van der Waals surface area (Å²) < 4.78 is 5.17.